The fourth-order valence-electron chi connectivity index (χ4n) is 3.94. The second kappa shape index (κ2) is 9.88. The predicted molar refractivity (Wildman–Crippen MR) is 136 cm³/mol. The van der Waals surface area contributed by atoms with Gasteiger partial charge in [0.15, 0.2) is 15.0 Å². The molecule has 1 atom stereocenters. The summed E-state index contributed by atoms with van der Waals surface area (Å²) in [6, 6.07) is 5.02. The highest BCUT2D eigenvalue weighted by Gasteiger charge is 2.55. The Morgan fingerprint density at radius 2 is 2.06 bits per heavy atom. The molecule has 1 unspecified atom stereocenters. The van der Waals surface area contributed by atoms with E-state index < -0.39 is 22.7 Å². The van der Waals surface area contributed by atoms with Gasteiger partial charge in [0, 0.05) is 39.7 Å². The number of aromatic nitrogens is 4. The Kier molecular flexibility index (Phi) is 7.44. The summed E-state index contributed by atoms with van der Waals surface area (Å²) < 4.78 is 37.4. The molecule has 0 amide bonds. The second-order valence-corrected chi connectivity index (χ2v) is 19.4. The van der Waals surface area contributed by atoms with Crippen LogP contribution >= 0.6 is 11.8 Å². The van der Waals surface area contributed by atoms with Crippen molar-refractivity contribution in [1.29, 1.82) is 0 Å². The van der Waals surface area contributed by atoms with Crippen LogP contribution in [0.2, 0.25) is 25.7 Å². The molecule has 3 heterocycles. The van der Waals surface area contributed by atoms with Gasteiger partial charge in [-0.1, -0.05) is 19.6 Å². The Balaban J connectivity index is 1.54. The Morgan fingerprint density at radius 3 is 2.71 bits per heavy atom. The van der Waals surface area contributed by atoms with E-state index in [0.717, 1.165) is 23.5 Å². The van der Waals surface area contributed by atoms with Gasteiger partial charge in [0.1, 0.15) is 22.3 Å². The van der Waals surface area contributed by atoms with E-state index >= 15 is 0 Å². The van der Waals surface area contributed by atoms with Crippen LogP contribution in [0.4, 0.5) is 5.82 Å². The standard InChI is InChI=1S/C22H35N5O4S2Si/c1-17-15-30-11-10-27(17)19-14-18(22(7-8-22)33(2,28)29)23-21(24-19)32-20-6-9-26(25-20)16-31-12-13-34(3,4)5/h6,9,14,17H,7-8,10-13,15-16H2,1-5H3. The maximum atomic E-state index is 12.6. The molecule has 0 radical (unpaired) electrons. The van der Waals surface area contributed by atoms with Crippen LogP contribution in [0.3, 0.4) is 0 Å². The first-order chi connectivity index (χ1) is 16.0. The van der Waals surface area contributed by atoms with Gasteiger partial charge < -0.3 is 14.4 Å². The Hall–Kier alpha value is -1.47. The first-order valence-corrected chi connectivity index (χ1v) is 18.1. The second-order valence-electron chi connectivity index (χ2n) is 10.4. The molecule has 1 aliphatic heterocycles. The zero-order valence-electron chi connectivity index (χ0n) is 20.7. The molecule has 0 spiro atoms. The van der Waals surface area contributed by atoms with Gasteiger partial charge in [0.05, 0.1) is 24.9 Å². The summed E-state index contributed by atoms with van der Waals surface area (Å²) in [7, 11) is -4.42. The quantitative estimate of drug-likeness (QED) is 0.262. The molecule has 0 bridgehead atoms. The molecule has 1 saturated heterocycles. The van der Waals surface area contributed by atoms with Crippen molar-refractivity contribution in [2.45, 2.75) is 73.2 Å². The van der Waals surface area contributed by atoms with Crippen molar-refractivity contribution in [3.63, 3.8) is 0 Å². The van der Waals surface area contributed by atoms with Crippen molar-refractivity contribution < 1.29 is 17.9 Å². The molecule has 34 heavy (non-hydrogen) atoms. The number of ether oxygens (including phenoxy) is 2. The van der Waals surface area contributed by atoms with E-state index in [4.69, 9.17) is 19.4 Å². The first kappa shape index (κ1) is 25.6. The van der Waals surface area contributed by atoms with Gasteiger partial charge in [-0.15, -0.1) is 0 Å². The molecule has 188 valence electrons. The number of hydrogen-bond acceptors (Lipinski definition) is 9. The van der Waals surface area contributed by atoms with Crippen LogP contribution in [0.5, 0.6) is 0 Å². The molecule has 9 nitrogen and oxygen atoms in total. The van der Waals surface area contributed by atoms with Crippen molar-refractivity contribution >= 4 is 35.5 Å². The normalized spacial score (nSPS) is 20.5. The van der Waals surface area contributed by atoms with Crippen molar-refractivity contribution in [3.8, 4) is 0 Å². The molecule has 0 N–H and O–H groups in total. The van der Waals surface area contributed by atoms with Crippen LogP contribution in [0.25, 0.3) is 0 Å². The van der Waals surface area contributed by atoms with E-state index in [0.29, 0.717) is 50.2 Å². The number of hydrogen-bond donors (Lipinski definition) is 0. The minimum Gasteiger partial charge on any atom is -0.377 e. The Bertz CT molecular complexity index is 1110. The summed E-state index contributed by atoms with van der Waals surface area (Å²) >= 11 is 1.34. The molecule has 1 saturated carbocycles. The van der Waals surface area contributed by atoms with Gasteiger partial charge in [0.25, 0.3) is 0 Å². The molecular weight excluding hydrogens is 490 g/mol. The van der Waals surface area contributed by atoms with Crippen LogP contribution < -0.4 is 4.90 Å². The van der Waals surface area contributed by atoms with Crippen LogP contribution in [0.1, 0.15) is 25.5 Å². The molecule has 2 aromatic rings. The fraction of sp³-hybridized carbons (Fsp3) is 0.682. The van der Waals surface area contributed by atoms with E-state index in [2.05, 4.69) is 36.6 Å². The van der Waals surface area contributed by atoms with Gasteiger partial charge in [-0.25, -0.2) is 23.1 Å². The topological polar surface area (TPSA) is 99.4 Å². The SMILES string of the molecule is CC1COCCN1c1cc(C2(S(C)(=O)=O)CC2)nc(Sc2ccn(COCC[Si](C)(C)C)n2)n1. The summed E-state index contributed by atoms with van der Waals surface area (Å²) in [6.45, 7) is 12.1. The molecule has 0 aromatic carbocycles. The molecule has 2 aliphatic rings. The summed E-state index contributed by atoms with van der Waals surface area (Å²) in [5.41, 5.74) is 0.579. The molecule has 4 rings (SSSR count). The lowest BCUT2D eigenvalue weighted by Crippen LogP contribution is -2.44. The van der Waals surface area contributed by atoms with Gasteiger partial charge >= 0.3 is 0 Å². The van der Waals surface area contributed by atoms with Crippen LogP contribution in [-0.4, -0.2) is 74.9 Å². The summed E-state index contributed by atoms with van der Waals surface area (Å²) in [6.07, 6.45) is 4.36. The van der Waals surface area contributed by atoms with E-state index in [1.165, 1.54) is 18.0 Å². The molecular formula is C22H35N5O4S2Si. The van der Waals surface area contributed by atoms with E-state index in [9.17, 15) is 8.42 Å². The largest absolute Gasteiger partial charge is 0.377 e. The Labute approximate surface area is 207 Å². The average molecular weight is 526 g/mol. The maximum absolute atomic E-state index is 12.6. The van der Waals surface area contributed by atoms with Crippen molar-refractivity contribution in [1.82, 2.24) is 19.7 Å². The highest BCUT2D eigenvalue weighted by molar-refractivity contribution is 7.99. The average Bonchev–Trinajstić information content (AvgIpc) is 3.47. The van der Waals surface area contributed by atoms with Crippen LogP contribution in [-0.2, 0) is 30.8 Å². The van der Waals surface area contributed by atoms with E-state index in [1.54, 1.807) is 4.68 Å². The van der Waals surface area contributed by atoms with Crippen molar-refractivity contribution in [2.24, 2.45) is 0 Å². The lowest BCUT2D eigenvalue weighted by atomic mass is 10.2. The lowest BCUT2D eigenvalue weighted by Gasteiger charge is -2.34. The summed E-state index contributed by atoms with van der Waals surface area (Å²) in [5.74, 6) is 0.743. The molecule has 2 aromatic heterocycles. The highest BCUT2D eigenvalue weighted by Crippen LogP contribution is 2.52. The highest BCUT2D eigenvalue weighted by atomic mass is 32.2. The van der Waals surface area contributed by atoms with Gasteiger partial charge in [0.2, 0.25) is 0 Å². The first-order valence-electron chi connectivity index (χ1n) is 11.7. The van der Waals surface area contributed by atoms with Crippen molar-refractivity contribution in [2.75, 3.05) is 37.5 Å². The number of rotatable bonds is 10. The van der Waals surface area contributed by atoms with Crippen LogP contribution in [0.15, 0.2) is 28.5 Å². The minimum atomic E-state index is -3.29. The third-order valence-corrected chi connectivity index (χ3v) is 10.8. The summed E-state index contributed by atoms with van der Waals surface area (Å²) in [4.78, 5) is 11.7. The van der Waals surface area contributed by atoms with Crippen molar-refractivity contribution in [3.05, 3.63) is 24.0 Å². The number of sulfone groups is 1. The monoisotopic (exact) mass is 525 g/mol. The van der Waals surface area contributed by atoms with Gasteiger partial charge in [-0.2, -0.15) is 5.10 Å². The zero-order chi connectivity index (χ0) is 24.6. The lowest BCUT2D eigenvalue weighted by molar-refractivity contribution is 0.0778. The third kappa shape index (κ3) is 6.01. The minimum absolute atomic E-state index is 0.148. The van der Waals surface area contributed by atoms with E-state index in [1.807, 2.05) is 18.3 Å². The number of nitrogens with zero attached hydrogens (tertiary/aromatic N) is 5. The summed E-state index contributed by atoms with van der Waals surface area (Å²) in [5, 5.41) is 5.84. The van der Waals surface area contributed by atoms with E-state index in [-0.39, 0.29) is 6.04 Å². The van der Waals surface area contributed by atoms with Crippen LogP contribution in [0, 0.1) is 0 Å². The molecule has 2 fully saturated rings. The number of anilines is 1. The molecule has 12 heteroatoms. The predicted octanol–water partition coefficient (Wildman–Crippen LogP) is 3.40. The fourth-order valence-corrected chi connectivity index (χ4v) is 6.77. The zero-order valence-corrected chi connectivity index (χ0v) is 23.3. The molecule has 1 aliphatic carbocycles. The smallest absolute Gasteiger partial charge is 0.196 e. The maximum Gasteiger partial charge on any atom is 0.196 e. The number of morpholine rings is 1. The Morgan fingerprint density at radius 1 is 1.29 bits per heavy atom. The van der Waals surface area contributed by atoms with Gasteiger partial charge in [-0.3, -0.25) is 0 Å². The van der Waals surface area contributed by atoms with Gasteiger partial charge in [-0.05, 0) is 43.6 Å². The third-order valence-electron chi connectivity index (χ3n) is 6.27.